The maximum Gasteiger partial charge on any atom is 0.514 e. The molecular formula is C5H7ClF2O6P2. The summed E-state index contributed by atoms with van der Waals surface area (Å²) >= 11 is 5.64. The molecule has 0 N–H and O–H groups in total. The molecule has 2 rings (SSSR count). The van der Waals surface area contributed by atoms with E-state index in [1.54, 1.807) is 0 Å². The van der Waals surface area contributed by atoms with E-state index >= 15 is 0 Å². The Balaban J connectivity index is 2.11. The second kappa shape index (κ2) is 3.99. The predicted molar refractivity (Wildman–Crippen MR) is 48.4 cm³/mol. The highest BCUT2D eigenvalue weighted by Gasteiger charge is 2.54. The maximum atomic E-state index is 12.8. The van der Waals surface area contributed by atoms with E-state index in [1.165, 1.54) is 0 Å². The zero-order valence-corrected chi connectivity index (χ0v) is 10.2. The molecule has 2 atom stereocenters. The fourth-order valence-electron chi connectivity index (χ4n) is 1.23. The number of rotatable bonds is 0. The number of hydrogen-bond donors (Lipinski definition) is 0. The summed E-state index contributed by atoms with van der Waals surface area (Å²) in [6.45, 7) is -1.31. The van der Waals surface area contributed by atoms with Crippen molar-refractivity contribution in [3.63, 3.8) is 0 Å². The fraction of sp³-hybridized carbons (Fsp3) is 1.00. The molecular weight excluding hydrogens is 291 g/mol. The molecule has 1 spiro atoms. The van der Waals surface area contributed by atoms with E-state index in [-0.39, 0.29) is 0 Å². The first-order valence-corrected chi connectivity index (χ1v) is 7.41. The SMILES string of the molecule is O=P1(F)OCC2(CO1)COP(=O)(F)OC2Cl. The molecule has 16 heavy (non-hydrogen) atoms. The molecule has 6 nitrogen and oxygen atoms in total. The van der Waals surface area contributed by atoms with Crippen LogP contribution in [-0.4, -0.2) is 25.4 Å². The van der Waals surface area contributed by atoms with Crippen LogP contribution in [0, 0.1) is 5.41 Å². The summed E-state index contributed by atoms with van der Waals surface area (Å²) in [6.07, 6.45) is 0. The van der Waals surface area contributed by atoms with Crippen LogP contribution in [0.3, 0.4) is 0 Å². The molecule has 2 aliphatic rings. The van der Waals surface area contributed by atoms with Gasteiger partial charge in [-0.2, -0.15) is 0 Å². The van der Waals surface area contributed by atoms with Crippen LogP contribution in [0.1, 0.15) is 0 Å². The minimum absolute atomic E-state index is 0.436. The standard InChI is InChI=1S/C5H7ClF2O6P2/c6-4-5(3-13-16(8,10)14-4)1-11-15(7,9)12-2-5/h4H,1-3H2. The van der Waals surface area contributed by atoms with Gasteiger partial charge in [0.15, 0.2) is 5.56 Å². The van der Waals surface area contributed by atoms with Gasteiger partial charge in [-0.1, -0.05) is 11.6 Å². The molecule has 94 valence electrons. The molecule has 11 heteroatoms. The fourth-order valence-corrected chi connectivity index (χ4v) is 3.52. The molecule has 0 aromatic carbocycles. The van der Waals surface area contributed by atoms with Crippen molar-refractivity contribution in [2.75, 3.05) is 19.8 Å². The van der Waals surface area contributed by atoms with E-state index in [1.807, 2.05) is 0 Å². The van der Waals surface area contributed by atoms with Crippen LogP contribution in [0.5, 0.6) is 0 Å². The van der Waals surface area contributed by atoms with Crippen LogP contribution >= 0.6 is 27.4 Å². The Kier molecular flexibility index (Phi) is 3.21. The van der Waals surface area contributed by atoms with Gasteiger partial charge in [0, 0.05) is 0 Å². The molecule has 2 saturated heterocycles. The van der Waals surface area contributed by atoms with Crippen molar-refractivity contribution in [3.05, 3.63) is 0 Å². The van der Waals surface area contributed by atoms with Gasteiger partial charge in [-0.15, -0.1) is 8.39 Å². The average molecular weight is 299 g/mol. The molecule has 2 fully saturated rings. The van der Waals surface area contributed by atoms with Crippen LogP contribution in [0.25, 0.3) is 0 Å². The first-order valence-electron chi connectivity index (χ1n) is 4.10. The molecule has 0 radical (unpaired) electrons. The molecule has 0 saturated carbocycles. The predicted octanol–water partition coefficient (Wildman–Crippen LogP) is 2.79. The molecule has 0 aromatic rings. The van der Waals surface area contributed by atoms with Crippen LogP contribution in [0.4, 0.5) is 8.39 Å². The third-order valence-electron chi connectivity index (χ3n) is 2.22. The highest BCUT2D eigenvalue weighted by molar-refractivity contribution is 7.48. The monoisotopic (exact) mass is 298 g/mol. The van der Waals surface area contributed by atoms with Crippen molar-refractivity contribution in [1.29, 1.82) is 0 Å². The average Bonchev–Trinajstić information content (AvgIpc) is 2.15. The Morgan fingerprint density at radius 1 is 1.06 bits per heavy atom. The molecule has 2 aliphatic heterocycles. The zero-order chi connectivity index (χ0) is 12.0. The minimum Gasteiger partial charge on any atom is -0.283 e. The molecule has 2 heterocycles. The molecule has 0 amide bonds. The molecule has 0 aliphatic carbocycles. The van der Waals surface area contributed by atoms with Crippen LogP contribution in [0.2, 0.25) is 0 Å². The van der Waals surface area contributed by atoms with Crippen molar-refractivity contribution in [3.8, 4) is 0 Å². The topological polar surface area (TPSA) is 71.1 Å². The van der Waals surface area contributed by atoms with E-state index in [4.69, 9.17) is 11.6 Å². The van der Waals surface area contributed by atoms with Gasteiger partial charge < -0.3 is 0 Å². The summed E-state index contributed by atoms with van der Waals surface area (Å²) in [6, 6.07) is 0. The number of alkyl halides is 1. The van der Waals surface area contributed by atoms with Gasteiger partial charge in [0.05, 0.1) is 25.2 Å². The normalized spacial score (nSPS) is 54.1. The van der Waals surface area contributed by atoms with E-state index in [2.05, 4.69) is 18.1 Å². The third kappa shape index (κ3) is 2.48. The summed E-state index contributed by atoms with van der Waals surface area (Å²) in [4.78, 5) is 0. The first-order chi connectivity index (χ1) is 7.25. The van der Waals surface area contributed by atoms with Crippen LogP contribution in [-0.2, 0) is 27.2 Å². The van der Waals surface area contributed by atoms with Gasteiger partial charge in [-0.3, -0.25) is 18.1 Å². The summed E-state index contributed by atoms with van der Waals surface area (Å²) < 4.78 is 64.3. The summed E-state index contributed by atoms with van der Waals surface area (Å²) in [5, 5.41) is 0. The smallest absolute Gasteiger partial charge is 0.283 e. The van der Waals surface area contributed by atoms with Gasteiger partial charge in [0.1, 0.15) is 0 Å². The van der Waals surface area contributed by atoms with E-state index in [0.717, 1.165) is 0 Å². The third-order valence-corrected chi connectivity index (χ3v) is 4.67. The molecule has 2 unspecified atom stereocenters. The minimum atomic E-state index is -4.67. The summed E-state index contributed by atoms with van der Waals surface area (Å²) in [5.74, 6) is 0. The Labute approximate surface area is 94.4 Å². The van der Waals surface area contributed by atoms with Crippen LogP contribution in [0.15, 0.2) is 0 Å². The first kappa shape index (κ1) is 12.9. The zero-order valence-electron chi connectivity index (χ0n) is 7.68. The van der Waals surface area contributed by atoms with Crippen LogP contribution < -0.4 is 0 Å². The highest BCUT2D eigenvalue weighted by Crippen LogP contribution is 2.62. The van der Waals surface area contributed by atoms with Gasteiger partial charge in [-0.05, 0) is 0 Å². The summed E-state index contributed by atoms with van der Waals surface area (Å²) in [7, 11) is -9.24. The van der Waals surface area contributed by atoms with Crippen molar-refractivity contribution >= 4 is 27.4 Å². The number of hydrogen-bond acceptors (Lipinski definition) is 6. The van der Waals surface area contributed by atoms with Gasteiger partial charge in [0.2, 0.25) is 0 Å². The Bertz CT molecular complexity index is 371. The van der Waals surface area contributed by atoms with Crippen molar-refractivity contribution < 1.29 is 35.6 Å². The van der Waals surface area contributed by atoms with E-state index < -0.39 is 46.6 Å². The van der Waals surface area contributed by atoms with E-state index in [9.17, 15) is 17.5 Å². The lowest BCUT2D eigenvalue weighted by Crippen LogP contribution is -2.49. The Morgan fingerprint density at radius 3 is 1.94 bits per heavy atom. The highest BCUT2D eigenvalue weighted by atomic mass is 35.5. The number of halogens is 3. The Morgan fingerprint density at radius 2 is 1.50 bits per heavy atom. The van der Waals surface area contributed by atoms with Crippen molar-refractivity contribution in [2.45, 2.75) is 5.56 Å². The summed E-state index contributed by atoms with van der Waals surface area (Å²) in [5.41, 5.74) is -2.60. The largest absolute Gasteiger partial charge is 0.514 e. The Hall–Kier alpha value is 0.450. The van der Waals surface area contributed by atoms with Gasteiger partial charge in [0.25, 0.3) is 0 Å². The maximum absolute atomic E-state index is 12.8. The van der Waals surface area contributed by atoms with Crippen molar-refractivity contribution in [2.24, 2.45) is 5.41 Å². The van der Waals surface area contributed by atoms with Crippen molar-refractivity contribution in [1.82, 2.24) is 0 Å². The molecule has 0 bridgehead atoms. The second-order valence-corrected chi connectivity index (χ2v) is 6.57. The molecule has 0 aromatic heterocycles. The van der Waals surface area contributed by atoms with Gasteiger partial charge >= 0.3 is 15.8 Å². The van der Waals surface area contributed by atoms with E-state index in [0.29, 0.717) is 0 Å². The van der Waals surface area contributed by atoms with Gasteiger partial charge in [-0.25, -0.2) is 9.13 Å². The second-order valence-electron chi connectivity index (χ2n) is 3.47. The lowest BCUT2D eigenvalue weighted by molar-refractivity contribution is -0.0950. The quantitative estimate of drug-likeness (QED) is 0.506. The lowest BCUT2D eigenvalue weighted by Gasteiger charge is -2.42. The lowest BCUT2D eigenvalue weighted by atomic mass is 9.92.